The average molecular weight is 347 g/mol. The van der Waals surface area contributed by atoms with Crippen LogP contribution in [0.5, 0.6) is 5.75 Å². The number of carbonyl (C=O) groups excluding carboxylic acids is 1. The summed E-state index contributed by atoms with van der Waals surface area (Å²) in [7, 11) is 1.38. The Morgan fingerprint density at radius 1 is 1.12 bits per heavy atom. The minimum Gasteiger partial charge on any atom is -0.490 e. The Balaban J connectivity index is 1.72. The predicted molar refractivity (Wildman–Crippen MR) is 97.9 cm³/mol. The van der Waals surface area contributed by atoms with Crippen molar-refractivity contribution in [2.75, 3.05) is 18.6 Å². The van der Waals surface area contributed by atoms with Crippen molar-refractivity contribution < 1.29 is 13.9 Å². The second kappa shape index (κ2) is 6.52. The summed E-state index contributed by atoms with van der Waals surface area (Å²) in [5.74, 6) is -0.179. The van der Waals surface area contributed by atoms with Crippen LogP contribution in [0.2, 0.25) is 0 Å². The second-order valence-electron chi connectivity index (χ2n) is 6.11. The molecule has 0 spiro atoms. The molecular formula is C21H17NO4. The highest BCUT2D eigenvalue weighted by Gasteiger charge is 2.34. The van der Waals surface area contributed by atoms with E-state index in [0.29, 0.717) is 6.54 Å². The zero-order chi connectivity index (χ0) is 18.1. The van der Waals surface area contributed by atoms with Crippen molar-refractivity contribution in [2.24, 2.45) is 0 Å². The third-order valence-electron chi connectivity index (χ3n) is 4.64. The normalized spacial score (nSPS) is 15.6. The quantitative estimate of drug-likeness (QED) is 0.728. The molecule has 130 valence electrons. The molecule has 1 aliphatic rings. The summed E-state index contributed by atoms with van der Waals surface area (Å²) in [6, 6.07) is 19.1. The van der Waals surface area contributed by atoms with Gasteiger partial charge in [-0.05, 0) is 17.2 Å². The number of ether oxygens (including phenoxy) is 1. The fraction of sp³-hybridized carbons (Fsp3) is 0.143. The largest absolute Gasteiger partial charge is 0.490 e. The molecule has 0 radical (unpaired) electrons. The topological polar surface area (TPSA) is 59.8 Å². The van der Waals surface area contributed by atoms with Crippen LogP contribution in [-0.4, -0.2) is 19.6 Å². The third-order valence-corrected chi connectivity index (χ3v) is 4.64. The summed E-state index contributed by atoms with van der Waals surface area (Å²) in [5.41, 5.74) is 2.69. The Morgan fingerprint density at radius 3 is 2.58 bits per heavy atom. The molecule has 3 aromatic rings. The Hall–Kier alpha value is -3.34. The molecule has 5 nitrogen and oxygen atoms in total. The van der Waals surface area contributed by atoms with Gasteiger partial charge in [-0.2, -0.15) is 0 Å². The first-order valence-corrected chi connectivity index (χ1v) is 8.31. The molecule has 4 rings (SSSR count). The number of para-hydroxylation sites is 1. The second-order valence-corrected chi connectivity index (χ2v) is 6.11. The van der Waals surface area contributed by atoms with Gasteiger partial charge in [-0.3, -0.25) is 9.59 Å². The lowest BCUT2D eigenvalue weighted by Crippen LogP contribution is -2.30. The van der Waals surface area contributed by atoms with Gasteiger partial charge in [0, 0.05) is 24.2 Å². The maximum Gasteiger partial charge on any atom is 0.294 e. The van der Waals surface area contributed by atoms with E-state index in [-0.39, 0.29) is 28.8 Å². The minimum atomic E-state index is -0.380. The van der Waals surface area contributed by atoms with Gasteiger partial charge in [-0.1, -0.05) is 48.5 Å². The Kier molecular flexibility index (Phi) is 4.05. The Morgan fingerprint density at radius 2 is 1.85 bits per heavy atom. The van der Waals surface area contributed by atoms with E-state index < -0.39 is 0 Å². The van der Waals surface area contributed by atoms with Gasteiger partial charge in [0.1, 0.15) is 6.26 Å². The van der Waals surface area contributed by atoms with Gasteiger partial charge in [0.2, 0.25) is 11.2 Å². The predicted octanol–water partition coefficient (Wildman–Crippen LogP) is 3.44. The maximum atomic E-state index is 13.0. The number of anilines is 1. The van der Waals surface area contributed by atoms with Crippen LogP contribution in [0.4, 0.5) is 5.69 Å². The highest BCUT2D eigenvalue weighted by molar-refractivity contribution is 6.05. The highest BCUT2D eigenvalue weighted by Crippen LogP contribution is 2.40. The van der Waals surface area contributed by atoms with Gasteiger partial charge in [0.25, 0.3) is 5.91 Å². The molecule has 2 aromatic carbocycles. The summed E-state index contributed by atoms with van der Waals surface area (Å²) < 4.78 is 10.2. The summed E-state index contributed by atoms with van der Waals surface area (Å²) in [6.07, 6.45) is 1.17. The van der Waals surface area contributed by atoms with Crippen molar-refractivity contribution in [3.8, 4) is 5.75 Å². The van der Waals surface area contributed by atoms with Crippen LogP contribution in [0.1, 0.15) is 27.6 Å². The van der Waals surface area contributed by atoms with E-state index in [1.165, 1.54) is 19.4 Å². The van der Waals surface area contributed by atoms with E-state index in [9.17, 15) is 9.59 Å². The number of rotatable bonds is 3. The molecule has 26 heavy (non-hydrogen) atoms. The Bertz CT molecular complexity index is 1010. The van der Waals surface area contributed by atoms with Crippen LogP contribution < -0.4 is 15.1 Å². The monoisotopic (exact) mass is 347 g/mol. The van der Waals surface area contributed by atoms with Crippen LogP contribution in [0.15, 0.2) is 76.1 Å². The summed E-state index contributed by atoms with van der Waals surface area (Å²) in [4.78, 5) is 26.6. The van der Waals surface area contributed by atoms with Crippen molar-refractivity contribution in [1.82, 2.24) is 0 Å². The maximum absolute atomic E-state index is 13.0. The molecule has 1 aromatic heterocycles. The summed E-state index contributed by atoms with van der Waals surface area (Å²) in [6.45, 7) is 0.498. The fourth-order valence-electron chi connectivity index (χ4n) is 3.36. The molecule has 1 unspecified atom stereocenters. The highest BCUT2D eigenvalue weighted by atomic mass is 16.5. The number of nitrogens with zero attached hydrogens (tertiary/aromatic N) is 1. The zero-order valence-corrected chi connectivity index (χ0v) is 14.2. The van der Waals surface area contributed by atoms with E-state index in [1.807, 2.05) is 42.5 Å². The van der Waals surface area contributed by atoms with Crippen molar-refractivity contribution in [1.29, 1.82) is 0 Å². The lowest BCUT2D eigenvalue weighted by atomic mass is 9.93. The van der Waals surface area contributed by atoms with Gasteiger partial charge in [0.15, 0.2) is 5.76 Å². The standard InChI is InChI=1S/C21H17NO4/c1-25-20-13-26-19(11-18(20)23)21(24)22-12-16(14-7-3-2-4-8-14)15-9-5-6-10-17(15)22/h2-11,13,16H,12H2,1H3. The third kappa shape index (κ3) is 2.67. The molecule has 0 fully saturated rings. The van der Waals surface area contributed by atoms with E-state index in [1.54, 1.807) is 4.90 Å². The fourth-order valence-corrected chi connectivity index (χ4v) is 3.36. The van der Waals surface area contributed by atoms with Crippen molar-refractivity contribution in [3.05, 3.63) is 94.0 Å². The van der Waals surface area contributed by atoms with Gasteiger partial charge in [-0.15, -0.1) is 0 Å². The molecule has 1 amide bonds. The molecular weight excluding hydrogens is 330 g/mol. The minimum absolute atomic E-state index is 0.000635. The summed E-state index contributed by atoms with van der Waals surface area (Å²) >= 11 is 0. The average Bonchev–Trinajstić information content (AvgIpc) is 3.08. The van der Waals surface area contributed by atoms with Gasteiger partial charge >= 0.3 is 0 Å². The molecule has 0 N–H and O–H groups in total. The van der Waals surface area contributed by atoms with Gasteiger partial charge < -0.3 is 14.1 Å². The van der Waals surface area contributed by atoms with E-state index in [0.717, 1.165) is 16.8 Å². The molecule has 0 saturated carbocycles. The van der Waals surface area contributed by atoms with Crippen LogP contribution in [0.3, 0.4) is 0 Å². The van der Waals surface area contributed by atoms with Gasteiger partial charge in [0.05, 0.1) is 7.11 Å². The van der Waals surface area contributed by atoms with Crippen LogP contribution >= 0.6 is 0 Å². The van der Waals surface area contributed by atoms with Gasteiger partial charge in [-0.25, -0.2) is 0 Å². The van der Waals surface area contributed by atoms with Crippen molar-refractivity contribution in [3.63, 3.8) is 0 Å². The molecule has 5 heteroatoms. The molecule has 1 atom stereocenters. The molecule has 0 saturated heterocycles. The van der Waals surface area contributed by atoms with Crippen molar-refractivity contribution >= 4 is 11.6 Å². The first-order chi connectivity index (χ1) is 12.7. The van der Waals surface area contributed by atoms with Crippen LogP contribution in [0.25, 0.3) is 0 Å². The Labute approximate surface area is 150 Å². The first kappa shape index (κ1) is 16.1. The van der Waals surface area contributed by atoms with E-state index in [4.69, 9.17) is 9.15 Å². The lowest BCUT2D eigenvalue weighted by molar-refractivity contribution is 0.0959. The first-order valence-electron chi connectivity index (χ1n) is 8.31. The van der Waals surface area contributed by atoms with Crippen LogP contribution in [0, 0.1) is 0 Å². The number of methoxy groups -OCH3 is 1. The number of amides is 1. The SMILES string of the molecule is COc1coc(C(=O)N2CC(c3ccccc3)c3ccccc32)cc1=O. The number of benzene rings is 2. The van der Waals surface area contributed by atoms with E-state index >= 15 is 0 Å². The number of hydrogen-bond donors (Lipinski definition) is 0. The van der Waals surface area contributed by atoms with Crippen molar-refractivity contribution in [2.45, 2.75) is 5.92 Å². The smallest absolute Gasteiger partial charge is 0.294 e. The lowest BCUT2D eigenvalue weighted by Gasteiger charge is -2.17. The summed E-state index contributed by atoms with van der Waals surface area (Å²) in [5, 5.41) is 0. The molecule has 1 aliphatic heterocycles. The zero-order valence-electron chi connectivity index (χ0n) is 14.2. The van der Waals surface area contributed by atoms with Crippen LogP contribution in [-0.2, 0) is 0 Å². The van der Waals surface area contributed by atoms with E-state index in [2.05, 4.69) is 12.1 Å². The molecule has 2 heterocycles. The number of fused-ring (bicyclic) bond motifs is 1. The molecule has 0 aliphatic carbocycles. The molecule has 0 bridgehead atoms. The number of carbonyl (C=O) groups is 1. The number of hydrogen-bond acceptors (Lipinski definition) is 4.